The standard InChI is InChI=1S/C21H22F2N2O3/c1-28-16-11-9-15(10-12-16)24-20(26)13-5-7-14(8-6-13)21(27)25-19-17(22)3-2-4-18(19)23/h2-4,9-14H,5-8H2,1H3,(H,24,26)(H,25,27). The van der Waals surface area contributed by atoms with Crippen LogP contribution in [0.2, 0.25) is 0 Å². The molecule has 0 spiro atoms. The molecule has 2 aromatic carbocycles. The fourth-order valence-corrected chi connectivity index (χ4v) is 3.38. The van der Waals surface area contributed by atoms with Crippen molar-refractivity contribution in [3.05, 3.63) is 54.1 Å². The minimum Gasteiger partial charge on any atom is -0.497 e. The highest BCUT2D eigenvalue weighted by Gasteiger charge is 2.30. The van der Waals surface area contributed by atoms with Crippen LogP contribution in [0.3, 0.4) is 0 Å². The average molecular weight is 388 g/mol. The maximum Gasteiger partial charge on any atom is 0.227 e. The molecule has 1 fully saturated rings. The summed E-state index contributed by atoms with van der Waals surface area (Å²) in [6, 6.07) is 10.5. The smallest absolute Gasteiger partial charge is 0.227 e. The molecule has 1 aliphatic rings. The van der Waals surface area contributed by atoms with Crippen molar-refractivity contribution in [2.75, 3.05) is 17.7 Å². The molecule has 0 aromatic heterocycles. The van der Waals surface area contributed by atoms with Crippen LogP contribution in [-0.2, 0) is 9.59 Å². The van der Waals surface area contributed by atoms with Crippen LogP contribution in [0.5, 0.6) is 5.75 Å². The zero-order valence-electron chi connectivity index (χ0n) is 15.5. The number of nitrogens with one attached hydrogen (secondary N) is 2. The number of methoxy groups -OCH3 is 1. The second kappa shape index (κ2) is 8.82. The fourth-order valence-electron chi connectivity index (χ4n) is 3.38. The molecule has 1 aliphatic carbocycles. The molecule has 0 atom stereocenters. The van der Waals surface area contributed by atoms with Crippen LogP contribution in [0.1, 0.15) is 25.7 Å². The van der Waals surface area contributed by atoms with Crippen molar-refractivity contribution in [3.63, 3.8) is 0 Å². The number of hydrogen-bond acceptors (Lipinski definition) is 3. The Balaban J connectivity index is 1.52. The van der Waals surface area contributed by atoms with Crippen LogP contribution in [0.15, 0.2) is 42.5 Å². The van der Waals surface area contributed by atoms with Crippen molar-refractivity contribution in [2.24, 2.45) is 11.8 Å². The number of hydrogen-bond donors (Lipinski definition) is 2. The third-order valence-electron chi connectivity index (χ3n) is 5.04. The van der Waals surface area contributed by atoms with Crippen LogP contribution in [0.4, 0.5) is 20.2 Å². The molecule has 5 nitrogen and oxygen atoms in total. The van der Waals surface area contributed by atoms with Crippen LogP contribution in [0, 0.1) is 23.5 Å². The molecule has 0 bridgehead atoms. The van der Waals surface area contributed by atoms with Gasteiger partial charge in [0.15, 0.2) is 0 Å². The van der Waals surface area contributed by atoms with E-state index in [9.17, 15) is 18.4 Å². The van der Waals surface area contributed by atoms with Gasteiger partial charge in [0.25, 0.3) is 0 Å². The number of ether oxygens (including phenoxy) is 1. The molecule has 3 rings (SSSR count). The van der Waals surface area contributed by atoms with E-state index >= 15 is 0 Å². The van der Waals surface area contributed by atoms with Crippen molar-refractivity contribution in [1.82, 2.24) is 0 Å². The molecule has 7 heteroatoms. The maximum absolute atomic E-state index is 13.7. The minimum absolute atomic E-state index is 0.0934. The number of carbonyl (C=O) groups is 2. The van der Waals surface area contributed by atoms with Crippen LogP contribution >= 0.6 is 0 Å². The van der Waals surface area contributed by atoms with Crippen LogP contribution in [0.25, 0.3) is 0 Å². The van der Waals surface area contributed by atoms with Gasteiger partial charge in [-0.15, -0.1) is 0 Å². The summed E-state index contributed by atoms with van der Waals surface area (Å²) in [6.45, 7) is 0. The molecule has 0 aliphatic heterocycles. The largest absolute Gasteiger partial charge is 0.497 e. The lowest BCUT2D eigenvalue weighted by Crippen LogP contribution is -2.32. The highest BCUT2D eigenvalue weighted by atomic mass is 19.1. The zero-order valence-corrected chi connectivity index (χ0v) is 15.5. The SMILES string of the molecule is COc1ccc(NC(=O)C2CCC(C(=O)Nc3c(F)cccc3F)CC2)cc1. The Morgan fingerprint density at radius 1 is 0.857 bits per heavy atom. The number of para-hydroxylation sites is 1. The molecular formula is C21H22F2N2O3. The molecule has 148 valence electrons. The summed E-state index contributed by atoms with van der Waals surface area (Å²) >= 11 is 0. The molecular weight excluding hydrogens is 366 g/mol. The van der Waals surface area contributed by atoms with Crippen molar-refractivity contribution in [3.8, 4) is 5.75 Å². The minimum atomic E-state index is -0.805. The molecule has 2 amide bonds. The predicted octanol–water partition coefficient (Wildman–Crippen LogP) is 4.36. The van der Waals surface area contributed by atoms with Crippen molar-refractivity contribution >= 4 is 23.2 Å². The molecule has 0 heterocycles. The summed E-state index contributed by atoms with van der Waals surface area (Å²) in [5.74, 6) is -1.99. The lowest BCUT2D eigenvalue weighted by atomic mass is 9.81. The van der Waals surface area contributed by atoms with Gasteiger partial charge in [-0.1, -0.05) is 6.07 Å². The first kappa shape index (κ1) is 19.8. The lowest BCUT2D eigenvalue weighted by molar-refractivity contribution is -0.125. The summed E-state index contributed by atoms with van der Waals surface area (Å²) in [4.78, 5) is 24.8. The lowest BCUT2D eigenvalue weighted by Gasteiger charge is -2.27. The van der Waals surface area contributed by atoms with E-state index in [4.69, 9.17) is 4.74 Å². The number of amides is 2. The van der Waals surface area contributed by atoms with Gasteiger partial charge in [-0.25, -0.2) is 8.78 Å². The fraction of sp³-hybridized carbons (Fsp3) is 0.333. The number of carbonyl (C=O) groups excluding carboxylic acids is 2. The Bertz CT molecular complexity index is 827. The first-order valence-electron chi connectivity index (χ1n) is 9.17. The quantitative estimate of drug-likeness (QED) is 0.800. The van der Waals surface area contributed by atoms with Crippen molar-refractivity contribution in [2.45, 2.75) is 25.7 Å². The van der Waals surface area contributed by atoms with Gasteiger partial charge in [-0.3, -0.25) is 9.59 Å². The van der Waals surface area contributed by atoms with Crippen molar-refractivity contribution in [1.29, 1.82) is 0 Å². The summed E-state index contributed by atoms with van der Waals surface area (Å²) < 4.78 is 32.5. The average Bonchev–Trinajstić information content (AvgIpc) is 2.71. The summed E-state index contributed by atoms with van der Waals surface area (Å²) in [5.41, 5.74) is 0.257. The van der Waals surface area contributed by atoms with Gasteiger partial charge in [-0.2, -0.15) is 0 Å². The number of rotatable bonds is 5. The Morgan fingerprint density at radius 3 is 1.86 bits per heavy atom. The van der Waals surface area contributed by atoms with E-state index in [0.717, 1.165) is 12.1 Å². The molecule has 1 saturated carbocycles. The first-order chi connectivity index (χ1) is 13.5. The third-order valence-corrected chi connectivity index (χ3v) is 5.04. The molecule has 2 aromatic rings. The van der Waals surface area contributed by atoms with E-state index in [0.29, 0.717) is 37.1 Å². The highest BCUT2D eigenvalue weighted by molar-refractivity contribution is 5.94. The Morgan fingerprint density at radius 2 is 1.36 bits per heavy atom. The first-order valence-corrected chi connectivity index (χ1v) is 9.17. The Kier molecular flexibility index (Phi) is 6.23. The third kappa shape index (κ3) is 4.65. The molecule has 2 N–H and O–H groups in total. The Labute approximate surface area is 162 Å². The normalized spacial score (nSPS) is 19.0. The van der Waals surface area contributed by atoms with E-state index in [1.807, 2.05) is 0 Å². The van der Waals surface area contributed by atoms with E-state index in [-0.39, 0.29) is 17.7 Å². The van der Waals surface area contributed by atoms with Gasteiger partial charge >= 0.3 is 0 Å². The summed E-state index contributed by atoms with van der Waals surface area (Å²) in [7, 11) is 1.57. The van der Waals surface area contributed by atoms with Crippen molar-refractivity contribution < 1.29 is 23.1 Å². The van der Waals surface area contributed by atoms with E-state index in [2.05, 4.69) is 10.6 Å². The number of anilines is 2. The molecule has 28 heavy (non-hydrogen) atoms. The van der Waals surface area contributed by atoms with E-state index in [1.165, 1.54) is 6.07 Å². The van der Waals surface area contributed by atoms with Gasteiger partial charge in [-0.05, 0) is 62.1 Å². The van der Waals surface area contributed by atoms with Gasteiger partial charge in [0, 0.05) is 17.5 Å². The van der Waals surface area contributed by atoms with Gasteiger partial charge in [0.05, 0.1) is 7.11 Å². The second-order valence-electron chi connectivity index (χ2n) is 6.85. The topological polar surface area (TPSA) is 67.4 Å². The second-order valence-corrected chi connectivity index (χ2v) is 6.85. The number of halogens is 2. The van der Waals surface area contributed by atoms with Crippen LogP contribution in [-0.4, -0.2) is 18.9 Å². The maximum atomic E-state index is 13.7. The van der Waals surface area contributed by atoms with Gasteiger partial charge in [0.1, 0.15) is 23.1 Å². The van der Waals surface area contributed by atoms with E-state index in [1.54, 1.807) is 31.4 Å². The van der Waals surface area contributed by atoms with Gasteiger partial charge < -0.3 is 15.4 Å². The summed E-state index contributed by atoms with van der Waals surface area (Å²) in [6.07, 6.45) is 2.06. The highest BCUT2D eigenvalue weighted by Crippen LogP contribution is 2.31. The zero-order chi connectivity index (χ0) is 20.1. The number of benzene rings is 2. The summed E-state index contributed by atoms with van der Waals surface area (Å²) in [5, 5.41) is 5.21. The Hall–Kier alpha value is -2.96. The van der Waals surface area contributed by atoms with E-state index < -0.39 is 23.2 Å². The van der Waals surface area contributed by atoms with Crippen LogP contribution < -0.4 is 15.4 Å². The van der Waals surface area contributed by atoms with Gasteiger partial charge in [0.2, 0.25) is 11.8 Å². The monoisotopic (exact) mass is 388 g/mol. The molecule has 0 saturated heterocycles. The molecule has 0 unspecified atom stereocenters. The predicted molar refractivity (Wildman–Crippen MR) is 102 cm³/mol. The molecule has 0 radical (unpaired) electrons.